The molecule has 0 amide bonds. The zero-order valence-electron chi connectivity index (χ0n) is 15.2. The first-order valence-corrected chi connectivity index (χ1v) is 8.69. The molecule has 0 saturated carbocycles. The zero-order valence-corrected chi connectivity index (χ0v) is 15.2. The molecule has 4 nitrogen and oxygen atoms in total. The third kappa shape index (κ3) is 3.18. The maximum absolute atomic E-state index is 5.85. The molecule has 4 rings (SSSR count). The van der Waals surface area contributed by atoms with Crippen LogP contribution in [0.15, 0.2) is 73.1 Å². The van der Waals surface area contributed by atoms with E-state index in [4.69, 9.17) is 9.72 Å². The van der Waals surface area contributed by atoms with Gasteiger partial charge in [-0.1, -0.05) is 18.2 Å². The van der Waals surface area contributed by atoms with Crippen molar-refractivity contribution < 1.29 is 4.74 Å². The Bertz CT molecular complexity index is 1030. The normalized spacial score (nSPS) is 11.7. The molecule has 0 radical (unpaired) electrons. The Labute approximate surface area is 153 Å². The third-order valence-electron chi connectivity index (χ3n) is 4.24. The highest BCUT2D eigenvalue weighted by molar-refractivity contribution is 5.77. The number of ether oxygens (including phenoxy) is 1. The molecule has 0 bridgehead atoms. The topological polar surface area (TPSA) is 39.9 Å². The standard InChI is InChI=1S/C22H21N3O/c1-22(2,3)25-14-13-17-15-23-20(24-21(17)25)16-9-11-19(12-10-16)26-18-7-5-4-6-8-18/h4-15H,1-3H3. The average Bonchev–Trinajstić information content (AvgIpc) is 3.07. The Balaban J connectivity index is 1.65. The molecule has 26 heavy (non-hydrogen) atoms. The zero-order chi connectivity index (χ0) is 18.1. The van der Waals surface area contributed by atoms with E-state index in [0.29, 0.717) is 5.82 Å². The summed E-state index contributed by atoms with van der Waals surface area (Å²) in [7, 11) is 0. The number of benzene rings is 2. The number of para-hydroxylation sites is 1. The Kier molecular flexibility index (Phi) is 3.96. The Morgan fingerprint density at radius 1 is 0.846 bits per heavy atom. The van der Waals surface area contributed by atoms with Crippen molar-refractivity contribution in [1.82, 2.24) is 14.5 Å². The SMILES string of the molecule is CC(C)(C)n1ccc2cnc(-c3ccc(Oc4ccccc4)cc3)nc21. The molecule has 2 heterocycles. The number of aromatic nitrogens is 3. The average molecular weight is 343 g/mol. The van der Waals surface area contributed by atoms with Crippen LogP contribution in [0.5, 0.6) is 11.5 Å². The predicted octanol–water partition coefficient (Wildman–Crippen LogP) is 5.65. The van der Waals surface area contributed by atoms with Crippen molar-refractivity contribution in [2.75, 3.05) is 0 Å². The van der Waals surface area contributed by atoms with E-state index in [0.717, 1.165) is 28.1 Å². The fraction of sp³-hybridized carbons (Fsp3) is 0.182. The Hall–Kier alpha value is -3.14. The largest absolute Gasteiger partial charge is 0.457 e. The van der Waals surface area contributed by atoms with Crippen molar-refractivity contribution in [3.63, 3.8) is 0 Å². The van der Waals surface area contributed by atoms with Crippen molar-refractivity contribution in [1.29, 1.82) is 0 Å². The van der Waals surface area contributed by atoms with Crippen LogP contribution in [0, 0.1) is 0 Å². The minimum Gasteiger partial charge on any atom is -0.457 e. The lowest BCUT2D eigenvalue weighted by atomic mass is 10.1. The monoisotopic (exact) mass is 343 g/mol. The summed E-state index contributed by atoms with van der Waals surface area (Å²) in [5, 5.41) is 1.05. The molecule has 4 heteroatoms. The summed E-state index contributed by atoms with van der Waals surface area (Å²) in [4.78, 5) is 9.32. The van der Waals surface area contributed by atoms with Gasteiger partial charge in [-0.25, -0.2) is 9.97 Å². The first-order valence-electron chi connectivity index (χ1n) is 8.69. The number of nitrogens with zero attached hydrogens (tertiary/aromatic N) is 3. The summed E-state index contributed by atoms with van der Waals surface area (Å²) >= 11 is 0. The fourth-order valence-electron chi connectivity index (χ4n) is 2.90. The van der Waals surface area contributed by atoms with Gasteiger partial charge in [-0.15, -0.1) is 0 Å². The van der Waals surface area contributed by atoms with Crippen LogP contribution in [0.25, 0.3) is 22.4 Å². The lowest BCUT2D eigenvalue weighted by Crippen LogP contribution is -2.21. The Morgan fingerprint density at radius 2 is 1.54 bits per heavy atom. The van der Waals surface area contributed by atoms with Gasteiger partial charge in [0, 0.05) is 28.9 Å². The fourth-order valence-corrected chi connectivity index (χ4v) is 2.90. The van der Waals surface area contributed by atoms with Gasteiger partial charge in [0.25, 0.3) is 0 Å². The van der Waals surface area contributed by atoms with Crippen molar-refractivity contribution in [2.24, 2.45) is 0 Å². The summed E-state index contributed by atoms with van der Waals surface area (Å²) in [6, 6.07) is 19.7. The second-order valence-electron chi connectivity index (χ2n) is 7.27. The molecule has 0 aliphatic carbocycles. The maximum Gasteiger partial charge on any atom is 0.161 e. The van der Waals surface area contributed by atoms with E-state index in [1.807, 2.05) is 60.8 Å². The lowest BCUT2D eigenvalue weighted by Gasteiger charge is -2.22. The van der Waals surface area contributed by atoms with Gasteiger partial charge in [0.2, 0.25) is 0 Å². The molecule has 0 spiro atoms. The lowest BCUT2D eigenvalue weighted by molar-refractivity contribution is 0.408. The van der Waals surface area contributed by atoms with E-state index in [1.54, 1.807) is 0 Å². The third-order valence-corrected chi connectivity index (χ3v) is 4.24. The van der Waals surface area contributed by atoms with Crippen molar-refractivity contribution >= 4 is 11.0 Å². The van der Waals surface area contributed by atoms with Gasteiger partial charge in [0.05, 0.1) is 0 Å². The number of hydrogen-bond acceptors (Lipinski definition) is 3. The molecule has 0 fully saturated rings. The van der Waals surface area contributed by atoms with E-state index in [1.165, 1.54) is 0 Å². The first kappa shape index (κ1) is 16.3. The minimum absolute atomic E-state index is 0.0270. The second-order valence-corrected chi connectivity index (χ2v) is 7.27. The first-order chi connectivity index (χ1) is 12.5. The molecule has 0 atom stereocenters. The van der Waals surface area contributed by atoms with Gasteiger partial charge < -0.3 is 9.30 Å². The van der Waals surface area contributed by atoms with E-state index in [-0.39, 0.29) is 5.54 Å². The van der Waals surface area contributed by atoms with Gasteiger partial charge in [0.15, 0.2) is 5.82 Å². The van der Waals surface area contributed by atoms with Crippen LogP contribution in [-0.2, 0) is 5.54 Å². The summed E-state index contributed by atoms with van der Waals surface area (Å²) in [6.07, 6.45) is 3.95. The van der Waals surface area contributed by atoms with E-state index < -0.39 is 0 Å². The highest BCUT2D eigenvalue weighted by atomic mass is 16.5. The predicted molar refractivity (Wildman–Crippen MR) is 104 cm³/mol. The molecule has 0 N–H and O–H groups in total. The van der Waals surface area contributed by atoms with Crippen LogP contribution in [0.1, 0.15) is 20.8 Å². The Morgan fingerprint density at radius 3 is 2.23 bits per heavy atom. The van der Waals surface area contributed by atoms with Crippen molar-refractivity contribution in [3.05, 3.63) is 73.1 Å². The quantitative estimate of drug-likeness (QED) is 0.483. The smallest absolute Gasteiger partial charge is 0.161 e. The summed E-state index contributed by atoms with van der Waals surface area (Å²) in [5.41, 5.74) is 1.89. The molecule has 0 aliphatic rings. The van der Waals surface area contributed by atoms with Gasteiger partial charge in [0.1, 0.15) is 17.1 Å². The summed E-state index contributed by atoms with van der Waals surface area (Å²) in [6.45, 7) is 6.51. The van der Waals surface area contributed by atoms with Crippen LogP contribution < -0.4 is 4.74 Å². The van der Waals surface area contributed by atoms with Gasteiger partial charge in [-0.3, -0.25) is 0 Å². The molecule has 0 unspecified atom stereocenters. The molecule has 0 saturated heterocycles. The summed E-state index contributed by atoms with van der Waals surface area (Å²) < 4.78 is 8.03. The summed E-state index contributed by atoms with van der Waals surface area (Å²) in [5.74, 6) is 2.33. The highest BCUT2D eigenvalue weighted by Crippen LogP contribution is 2.27. The van der Waals surface area contributed by atoms with Crippen molar-refractivity contribution in [3.8, 4) is 22.9 Å². The number of fused-ring (bicyclic) bond motifs is 1. The van der Waals surface area contributed by atoms with E-state index in [9.17, 15) is 0 Å². The molecular weight excluding hydrogens is 322 g/mol. The van der Waals surface area contributed by atoms with Crippen LogP contribution in [0.3, 0.4) is 0 Å². The molecule has 130 valence electrons. The van der Waals surface area contributed by atoms with E-state index >= 15 is 0 Å². The highest BCUT2D eigenvalue weighted by Gasteiger charge is 2.17. The van der Waals surface area contributed by atoms with Crippen LogP contribution in [-0.4, -0.2) is 14.5 Å². The second kappa shape index (κ2) is 6.30. The van der Waals surface area contributed by atoms with Crippen LogP contribution in [0.2, 0.25) is 0 Å². The van der Waals surface area contributed by atoms with Gasteiger partial charge in [-0.05, 0) is 63.2 Å². The van der Waals surface area contributed by atoms with Gasteiger partial charge in [-0.2, -0.15) is 0 Å². The molecule has 2 aromatic heterocycles. The molecule has 2 aromatic carbocycles. The molecular formula is C22H21N3O. The number of hydrogen-bond donors (Lipinski definition) is 0. The van der Waals surface area contributed by atoms with E-state index in [2.05, 4.69) is 42.6 Å². The van der Waals surface area contributed by atoms with Crippen LogP contribution in [0.4, 0.5) is 0 Å². The number of rotatable bonds is 3. The van der Waals surface area contributed by atoms with Gasteiger partial charge >= 0.3 is 0 Å². The van der Waals surface area contributed by atoms with Crippen molar-refractivity contribution in [2.45, 2.75) is 26.3 Å². The molecule has 4 aromatic rings. The maximum atomic E-state index is 5.85. The minimum atomic E-state index is -0.0270. The van der Waals surface area contributed by atoms with Crippen LogP contribution >= 0.6 is 0 Å². The molecule has 0 aliphatic heterocycles.